The zero-order chi connectivity index (χ0) is 17.7. The second kappa shape index (κ2) is 21.4. The molecular formula is C23H48S. The fourth-order valence-corrected chi connectivity index (χ4v) is 3.89. The normalized spacial score (nSPS) is 12.6. The Kier molecular flexibility index (Phi) is 21.7. The maximum Gasteiger partial charge on any atom is 0.00168 e. The molecule has 0 bridgehead atoms. The molecule has 0 radical (unpaired) electrons. The van der Waals surface area contributed by atoms with Crippen molar-refractivity contribution in [3.8, 4) is 0 Å². The fraction of sp³-hybridized carbons (Fsp3) is 1.00. The topological polar surface area (TPSA) is 0 Å². The van der Waals surface area contributed by atoms with Crippen LogP contribution >= 0.6 is 12.6 Å². The lowest BCUT2D eigenvalue weighted by Crippen LogP contribution is -1.98. The molecule has 0 N–H and O–H groups in total. The molecule has 0 aromatic heterocycles. The van der Waals surface area contributed by atoms with Crippen molar-refractivity contribution in [3.63, 3.8) is 0 Å². The molecule has 0 amide bonds. The van der Waals surface area contributed by atoms with E-state index in [1.807, 2.05) is 0 Å². The van der Waals surface area contributed by atoms with Gasteiger partial charge in [0.25, 0.3) is 0 Å². The first-order chi connectivity index (χ1) is 11.8. The summed E-state index contributed by atoms with van der Waals surface area (Å²) in [6.45, 7) is 4.59. The van der Waals surface area contributed by atoms with Crippen LogP contribution in [0.25, 0.3) is 0 Å². The van der Waals surface area contributed by atoms with Gasteiger partial charge in [-0.2, -0.15) is 12.6 Å². The number of unbranched alkanes of at least 4 members (excludes halogenated alkanes) is 16. The molecule has 0 saturated heterocycles. The predicted molar refractivity (Wildman–Crippen MR) is 116 cm³/mol. The first kappa shape index (κ1) is 24.4. The van der Waals surface area contributed by atoms with Gasteiger partial charge in [-0.3, -0.25) is 0 Å². The molecule has 0 heterocycles. The standard InChI is InChI=1S/C23H48S/c1-3-5-7-9-11-13-14-16-18-20-22-23(24)21-19-17-15-12-10-8-6-4-2/h23-24H,3-22H2,1-2H3. The molecule has 0 saturated carbocycles. The Morgan fingerprint density at radius 1 is 0.417 bits per heavy atom. The Hall–Kier alpha value is 0.350. The van der Waals surface area contributed by atoms with Crippen LogP contribution in [0.3, 0.4) is 0 Å². The van der Waals surface area contributed by atoms with E-state index in [1.165, 1.54) is 128 Å². The van der Waals surface area contributed by atoms with Crippen molar-refractivity contribution < 1.29 is 0 Å². The zero-order valence-electron chi connectivity index (χ0n) is 17.2. The SMILES string of the molecule is CCCCCCCCCCCCC(S)CCCCCCCCCC. The van der Waals surface area contributed by atoms with Crippen molar-refractivity contribution >= 4 is 12.6 Å². The third kappa shape index (κ3) is 20.4. The molecule has 0 aliphatic carbocycles. The molecule has 0 spiro atoms. The van der Waals surface area contributed by atoms with Crippen LogP contribution in [-0.2, 0) is 0 Å². The number of hydrogen-bond donors (Lipinski definition) is 1. The van der Waals surface area contributed by atoms with Crippen LogP contribution in [0.5, 0.6) is 0 Å². The van der Waals surface area contributed by atoms with E-state index in [2.05, 4.69) is 13.8 Å². The highest BCUT2D eigenvalue weighted by molar-refractivity contribution is 7.80. The molecule has 0 fully saturated rings. The first-order valence-corrected chi connectivity index (χ1v) is 12.0. The summed E-state index contributed by atoms with van der Waals surface area (Å²) in [5.41, 5.74) is 0. The van der Waals surface area contributed by atoms with Gasteiger partial charge in [-0.1, -0.05) is 129 Å². The molecule has 0 aromatic rings. The van der Waals surface area contributed by atoms with Gasteiger partial charge in [0.05, 0.1) is 0 Å². The van der Waals surface area contributed by atoms with Gasteiger partial charge in [0.15, 0.2) is 0 Å². The lowest BCUT2D eigenvalue weighted by atomic mass is 10.0. The van der Waals surface area contributed by atoms with Crippen LogP contribution in [0.4, 0.5) is 0 Å². The highest BCUT2D eigenvalue weighted by atomic mass is 32.1. The summed E-state index contributed by atoms with van der Waals surface area (Å²) in [5.74, 6) is 0. The van der Waals surface area contributed by atoms with E-state index in [0.717, 1.165) is 0 Å². The van der Waals surface area contributed by atoms with Gasteiger partial charge in [0, 0.05) is 5.25 Å². The highest BCUT2D eigenvalue weighted by Crippen LogP contribution is 2.18. The molecule has 1 heteroatoms. The molecule has 24 heavy (non-hydrogen) atoms. The van der Waals surface area contributed by atoms with Crippen molar-refractivity contribution in [2.24, 2.45) is 0 Å². The van der Waals surface area contributed by atoms with Crippen LogP contribution in [0.15, 0.2) is 0 Å². The second-order valence-electron chi connectivity index (χ2n) is 7.89. The van der Waals surface area contributed by atoms with Gasteiger partial charge < -0.3 is 0 Å². The number of rotatable bonds is 20. The molecule has 0 aliphatic heterocycles. The van der Waals surface area contributed by atoms with Gasteiger partial charge in [0.1, 0.15) is 0 Å². The summed E-state index contributed by atoms with van der Waals surface area (Å²) >= 11 is 4.79. The Balaban J connectivity index is 3.11. The minimum absolute atomic E-state index is 0.666. The van der Waals surface area contributed by atoms with Gasteiger partial charge in [0.2, 0.25) is 0 Å². The minimum Gasteiger partial charge on any atom is -0.176 e. The highest BCUT2D eigenvalue weighted by Gasteiger charge is 2.03. The zero-order valence-corrected chi connectivity index (χ0v) is 18.1. The van der Waals surface area contributed by atoms with Crippen molar-refractivity contribution in [2.45, 2.75) is 148 Å². The average molecular weight is 357 g/mol. The molecule has 0 aliphatic rings. The predicted octanol–water partition coefficient (Wildman–Crippen LogP) is 9.13. The largest absolute Gasteiger partial charge is 0.176 e. The summed E-state index contributed by atoms with van der Waals surface area (Å²) in [6, 6.07) is 0. The minimum atomic E-state index is 0.666. The summed E-state index contributed by atoms with van der Waals surface area (Å²) in [7, 11) is 0. The van der Waals surface area contributed by atoms with Gasteiger partial charge in [-0.05, 0) is 12.8 Å². The summed E-state index contributed by atoms with van der Waals surface area (Å²) in [4.78, 5) is 0. The van der Waals surface area contributed by atoms with Gasteiger partial charge >= 0.3 is 0 Å². The average Bonchev–Trinajstić information content (AvgIpc) is 2.59. The van der Waals surface area contributed by atoms with Crippen molar-refractivity contribution in [3.05, 3.63) is 0 Å². The molecule has 1 atom stereocenters. The van der Waals surface area contributed by atoms with Crippen molar-refractivity contribution in [1.29, 1.82) is 0 Å². The van der Waals surface area contributed by atoms with E-state index in [0.29, 0.717) is 5.25 Å². The van der Waals surface area contributed by atoms with E-state index < -0.39 is 0 Å². The molecule has 0 nitrogen and oxygen atoms in total. The number of hydrogen-bond acceptors (Lipinski definition) is 1. The van der Waals surface area contributed by atoms with Crippen LogP contribution in [0.2, 0.25) is 0 Å². The Bertz CT molecular complexity index is 214. The van der Waals surface area contributed by atoms with Crippen LogP contribution in [0.1, 0.15) is 142 Å². The quantitative estimate of drug-likeness (QED) is 0.163. The maximum absolute atomic E-state index is 4.79. The van der Waals surface area contributed by atoms with E-state index >= 15 is 0 Å². The molecular weight excluding hydrogens is 308 g/mol. The third-order valence-electron chi connectivity index (χ3n) is 5.28. The molecule has 0 aromatic carbocycles. The first-order valence-electron chi connectivity index (χ1n) is 11.5. The Morgan fingerprint density at radius 3 is 0.958 bits per heavy atom. The van der Waals surface area contributed by atoms with Crippen LogP contribution < -0.4 is 0 Å². The maximum atomic E-state index is 4.79. The lowest BCUT2D eigenvalue weighted by molar-refractivity contribution is 0.527. The van der Waals surface area contributed by atoms with Crippen LogP contribution in [-0.4, -0.2) is 5.25 Å². The van der Waals surface area contributed by atoms with Gasteiger partial charge in [-0.25, -0.2) is 0 Å². The fourth-order valence-electron chi connectivity index (χ4n) is 3.53. The van der Waals surface area contributed by atoms with E-state index in [4.69, 9.17) is 12.6 Å². The summed E-state index contributed by atoms with van der Waals surface area (Å²) in [5, 5.41) is 0.666. The monoisotopic (exact) mass is 356 g/mol. The third-order valence-corrected chi connectivity index (χ3v) is 5.80. The van der Waals surface area contributed by atoms with E-state index in [-0.39, 0.29) is 0 Å². The summed E-state index contributed by atoms with van der Waals surface area (Å²) < 4.78 is 0. The smallest absolute Gasteiger partial charge is 0.00168 e. The van der Waals surface area contributed by atoms with Crippen LogP contribution in [0, 0.1) is 0 Å². The van der Waals surface area contributed by atoms with E-state index in [9.17, 15) is 0 Å². The second-order valence-corrected chi connectivity index (χ2v) is 8.62. The summed E-state index contributed by atoms with van der Waals surface area (Å²) in [6.07, 6.45) is 28.5. The molecule has 146 valence electrons. The lowest BCUT2D eigenvalue weighted by Gasteiger charge is -2.10. The van der Waals surface area contributed by atoms with E-state index in [1.54, 1.807) is 0 Å². The van der Waals surface area contributed by atoms with Crippen molar-refractivity contribution in [2.75, 3.05) is 0 Å². The molecule has 1 unspecified atom stereocenters. The van der Waals surface area contributed by atoms with Gasteiger partial charge in [-0.15, -0.1) is 0 Å². The van der Waals surface area contributed by atoms with Crippen molar-refractivity contribution in [1.82, 2.24) is 0 Å². The Labute approximate surface area is 160 Å². The number of thiol groups is 1. The molecule has 0 rings (SSSR count). The Morgan fingerprint density at radius 2 is 0.667 bits per heavy atom.